The number of aliphatic hydroxyl groups excluding tert-OH is 1. The van der Waals surface area contributed by atoms with E-state index in [-0.39, 0.29) is 0 Å². The van der Waals surface area contributed by atoms with Crippen molar-refractivity contribution in [2.24, 2.45) is 0 Å². The average Bonchev–Trinajstić information content (AvgIpc) is 2.81. The normalized spacial score (nSPS) is 12.4. The van der Waals surface area contributed by atoms with Gasteiger partial charge in [-0.1, -0.05) is 29.8 Å². The number of hydrogen-bond acceptors (Lipinski definition) is 3. The Hall–Kier alpha value is -1.81. The molecule has 1 atom stereocenters. The Balaban J connectivity index is 2.41. The van der Waals surface area contributed by atoms with Gasteiger partial charge in [0, 0.05) is 6.54 Å². The van der Waals surface area contributed by atoms with Crippen LogP contribution in [-0.4, -0.2) is 22.0 Å². The van der Waals surface area contributed by atoms with Crippen molar-refractivity contribution in [2.45, 2.75) is 26.5 Å². The third kappa shape index (κ3) is 2.24. The van der Waals surface area contributed by atoms with E-state index in [4.69, 9.17) is 4.74 Å². The molecule has 0 amide bonds. The summed E-state index contributed by atoms with van der Waals surface area (Å²) in [5, 5.41) is 14.7. The molecule has 1 N–H and O–H groups in total. The van der Waals surface area contributed by atoms with Crippen molar-refractivity contribution in [3.8, 4) is 5.75 Å². The van der Waals surface area contributed by atoms with Crippen molar-refractivity contribution in [3.05, 3.63) is 47.3 Å². The van der Waals surface area contributed by atoms with E-state index >= 15 is 0 Å². The number of ether oxygens (including phenoxy) is 1. The standard InChI is InChI=1S/C14H18N2O2/c1-4-16-13(12(18-3)9-15-16)14(17)11-7-5-10(2)6-8-11/h5-9,14,17H,4H2,1-3H3. The Labute approximate surface area is 107 Å². The number of benzene rings is 1. The predicted octanol–water partition coefficient (Wildman–Crippen LogP) is 2.30. The molecule has 0 radical (unpaired) electrons. The molecule has 1 heterocycles. The third-order valence-electron chi connectivity index (χ3n) is 3.02. The summed E-state index contributed by atoms with van der Waals surface area (Å²) in [4.78, 5) is 0. The first-order valence-corrected chi connectivity index (χ1v) is 6.01. The van der Waals surface area contributed by atoms with Crippen LogP contribution in [0.25, 0.3) is 0 Å². The highest BCUT2D eigenvalue weighted by Gasteiger charge is 2.20. The minimum absolute atomic E-state index is 0.616. The van der Waals surface area contributed by atoms with Crippen LogP contribution >= 0.6 is 0 Å². The van der Waals surface area contributed by atoms with Crippen LogP contribution in [0.2, 0.25) is 0 Å². The molecule has 1 unspecified atom stereocenters. The van der Waals surface area contributed by atoms with Crippen molar-refractivity contribution < 1.29 is 9.84 Å². The fourth-order valence-electron chi connectivity index (χ4n) is 1.97. The lowest BCUT2D eigenvalue weighted by Gasteiger charge is -2.14. The summed E-state index contributed by atoms with van der Waals surface area (Å²) in [6.45, 7) is 4.70. The van der Waals surface area contributed by atoms with Gasteiger partial charge in [0.2, 0.25) is 0 Å². The smallest absolute Gasteiger partial charge is 0.163 e. The Morgan fingerprint density at radius 3 is 2.56 bits per heavy atom. The number of hydrogen-bond donors (Lipinski definition) is 1. The Kier molecular flexibility index (Phi) is 3.67. The summed E-state index contributed by atoms with van der Waals surface area (Å²) in [5.74, 6) is 0.616. The average molecular weight is 246 g/mol. The van der Waals surface area contributed by atoms with Crippen LogP contribution in [0.1, 0.15) is 29.8 Å². The van der Waals surface area contributed by atoms with Crippen LogP contribution in [0.15, 0.2) is 30.5 Å². The molecule has 18 heavy (non-hydrogen) atoms. The van der Waals surface area contributed by atoms with Gasteiger partial charge in [-0.15, -0.1) is 0 Å². The fraction of sp³-hybridized carbons (Fsp3) is 0.357. The maximum atomic E-state index is 10.5. The highest BCUT2D eigenvalue weighted by Crippen LogP contribution is 2.29. The first-order chi connectivity index (χ1) is 8.67. The van der Waals surface area contributed by atoms with Gasteiger partial charge in [0.1, 0.15) is 11.8 Å². The Morgan fingerprint density at radius 2 is 2.00 bits per heavy atom. The van der Waals surface area contributed by atoms with Gasteiger partial charge < -0.3 is 9.84 Å². The quantitative estimate of drug-likeness (QED) is 0.900. The summed E-state index contributed by atoms with van der Waals surface area (Å²) in [5.41, 5.74) is 2.71. The second-order valence-electron chi connectivity index (χ2n) is 4.23. The van der Waals surface area contributed by atoms with Gasteiger partial charge in [-0.2, -0.15) is 5.10 Å². The van der Waals surface area contributed by atoms with E-state index in [1.54, 1.807) is 18.0 Å². The molecule has 0 saturated carbocycles. The van der Waals surface area contributed by atoms with E-state index in [1.165, 1.54) is 5.56 Å². The summed E-state index contributed by atoms with van der Waals surface area (Å²) in [6.07, 6.45) is 0.916. The molecule has 0 aliphatic rings. The first-order valence-electron chi connectivity index (χ1n) is 6.01. The van der Waals surface area contributed by atoms with Gasteiger partial charge in [-0.25, -0.2) is 0 Å². The lowest BCUT2D eigenvalue weighted by atomic mass is 10.0. The number of methoxy groups -OCH3 is 1. The molecule has 0 fully saturated rings. The molecule has 2 aromatic rings. The molecule has 4 heteroatoms. The van der Waals surface area contributed by atoms with E-state index in [2.05, 4.69) is 5.10 Å². The van der Waals surface area contributed by atoms with Crippen LogP contribution in [0, 0.1) is 6.92 Å². The third-order valence-corrected chi connectivity index (χ3v) is 3.02. The van der Waals surface area contributed by atoms with Crippen molar-refractivity contribution in [1.82, 2.24) is 9.78 Å². The first kappa shape index (κ1) is 12.6. The number of aromatic nitrogens is 2. The van der Waals surface area contributed by atoms with E-state index in [1.807, 2.05) is 38.1 Å². The van der Waals surface area contributed by atoms with E-state index in [0.29, 0.717) is 18.0 Å². The van der Waals surface area contributed by atoms with Crippen molar-refractivity contribution in [2.75, 3.05) is 7.11 Å². The second kappa shape index (κ2) is 5.23. The SMILES string of the molecule is CCn1ncc(OC)c1C(O)c1ccc(C)cc1. The Morgan fingerprint density at radius 1 is 1.33 bits per heavy atom. The highest BCUT2D eigenvalue weighted by atomic mass is 16.5. The summed E-state index contributed by atoms with van der Waals surface area (Å²) in [7, 11) is 1.59. The zero-order valence-corrected chi connectivity index (χ0v) is 10.9. The summed E-state index contributed by atoms with van der Waals surface area (Å²) >= 11 is 0. The van der Waals surface area contributed by atoms with Crippen molar-refractivity contribution in [3.63, 3.8) is 0 Å². The van der Waals surface area contributed by atoms with Gasteiger partial charge in [-0.3, -0.25) is 4.68 Å². The van der Waals surface area contributed by atoms with E-state index < -0.39 is 6.10 Å². The molecule has 0 aliphatic heterocycles. The lowest BCUT2D eigenvalue weighted by molar-refractivity contribution is 0.202. The minimum Gasteiger partial charge on any atom is -0.493 e. The Bertz CT molecular complexity index is 496. The van der Waals surface area contributed by atoms with Crippen LogP contribution in [0.3, 0.4) is 0 Å². The molecular weight excluding hydrogens is 228 g/mol. The molecule has 1 aromatic carbocycles. The zero-order chi connectivity index (χ0) is 13.1. The number of aliphatic hydroxyl groups is 1. The van der Waals surface area contributed by atoms with Crippen LogP contribution in [-0.2, 0) is 6.54 Å². The zero-order valence-electron chi connectivity index (χ0n) is 10.9. The fourth-order valence-corrected chi connectivity index (χ4v) is 1.97. The molecule has 0 saturated heterocycles. The van der Waals surface area contributed by atoms with Crippen LogP contribution in [0.5, 0.6) is 5.75 Å². The number of nitrogens with zero attached hydrogens (tertiary/aromatic N) is 2. The number of aryl methyl sites for hydroxylation is 2. The monoisotopic (exact) mass is 246 g/mol. The largest absolute Gasteiger partial charge is 0.493 e. The molecule has 96 valence electrons. The van der Waals surface area contributed by atoms with Gasteiger partial charge >= 0.3 is 0 Å². The van der Waals surface area contributed by atoms with Gasteiger partial charge in [0.25, 0.3) is 0 Å². The molecule has 0 spiro atoms. The molecule has 4 nitrogen and oxygen atoms in total. The minimum atomic E-state index is -0.719. The molecular formula is C14H18N2O2. The topological polar surface area (TPSA) is 47.3 Å². The predicted molar refractivity (Wildman–Crippen MR) is 69.7 cm³/mol. The molecule has 0 bridgehead atoms. The van der Waals surface area contributed by atoms with Gasteiger partial charge in [0.15, 0.2) is 5.75 Å². The van der Waals surface area contributed by atoms with Crippen LogP contribution < -0.4 is 4.74 Å². The molecule has 0 aliphatic carbocycles. The molecule has 2 rings (SSSR count). The number of rotatable bonds is 4. The lowest BCUT2D eigenvalue weighted by Crippen LogP contribution is -2.10. The van der Waals surface area contributed by atoms with Gasteiger partial charge in [-0.05, 0) is 19.4 Å². The second-order valence-corrected chi connectivity index (χ2v) is 4.23. The van der Waals surface area contributed by atoms with E-state index in [0.717, 1.165) is 5.56 Å². The van der Waals surface area contributed by atoms with E-state index in [9.17, 15) is 5.11 Å². The maximum Gasteiger partial charge on any atom is 0.163 e. The summed E-state index contributed by atoms with van der Waals surface area (Å²) < 4.78 is 7.00. The highest BCUT2D eigenvalue weighted by molar-refractivity contribution is 5.35. The molecule has 1 aromatic heterocycles. The summed E-state index contributed by atoms with van der Waals surface area (Å²) in [6, 6.07) is 7.81. The van der Waals surface area contributed by atoms with Crippen LogP contribution in [0.4, 0.5) is 0 Å². The van der Waals surface area contributed by atoms with Crippen molar-refractivity contribution >= 4 is 0 Å². The van der Waals surface area contributed by atoms with Gasteiger partial charge in [0.05, 0.1) is 13.3 Å². The maximum absolute atomic E-state index is 10.5. The van der Waals surface area contributed by atoms with Crippen molar-refractivity contribution in [1.29, 1.82) is 0 Å².